The van der Waals surface area contributed by atoms with Gasteiger partial charge in [0.15, 0.2) is 0 Å². The summed E-state index contributed by atoms with van der Waals surface area (Å²) in [7, 11) is 0. The Hall–Kier alpha value is -0.0500. The van der Waals surface area contributed by atoms with Crippen LogP contribution in [0.3, 0.4) is 0 Å². The van der Waals surface area contributed by atoms with Gasteiger partial charge in [0.05, 0.1) is 16.0 Å². The third-order valence-corrected chi connectivity index (χ3v) is 3.65. The molecule has 1 aromatic heterocycles. The van der Waals surface area contributed by atoms with Gasteiger partial charge >= 0.3 is 0 Å². The molecule has 0 bridgehead atoms. The molecule has 0 fully saturated rings. The molecular weight excluding hydrogens is 293 g/mol. The molecule has 1 heterocycles. The molecule has 0 aromatic carbocycles. The van der Waals surface area contributed by atoms with Crippen molar-refractivity contribution in [2.75, 3.05) is 0 Å². The predicted molar refractivity (Wildman–Crippen MR) is 56.5 cm³/mol. The topological polar surface area (TPSA) is 23.8 Å². The minimum atomic E-state index is 0.520. The van der Waals surface area contributed by atoms with E-state index >= 15 is 0 Å². The van der Waals surface area contributed by atoms with Crippen molar-refractivity contribution in [1.29, 1.82) is 5.26 Å². The third-order valence-electron chi connectivity index (χ3n) is 1.03. The van der Waals surface area contributed by atoms with Crippen molar-refractivity contribution >= 4 is 50.6 Å². The molecule has 0 spiro atoms. The fourth-order valence-corrected chi connectivity index (χ4v) is 2.82. The number of nitrogens with zero attached hydrogens (tertiary/aromatic N) is 1. The Morgan fingerprint density at radius 2 is 2.55 bits per heavy atom. The fourth-order valence-electron chi connectivity index (χ4n) is 0.586. The van der Waals surface area contributed by atoms with E-state index in [1.807, 2.05) is 17.5 Å². The second-order valence-electron chi connectivity index (χ2n) is 1.72. The summed E-state index contributed by atoms with van der Waals surface area (Å²) in [6.07, 6.45) is 1.34. The van der Waals surface area contributed by atoms with Crippen LogP contribution in [0.1, 0.15) is 4.88 Å². The molecule has 1 aromatic rings. The second-order valence-corrected chi connectivity index (χ2v) is 4.20. The van der Waals surface area contributed by atoms with E-state index in [4.69, 9.17) is 16.9 Å². The van der Waals surface area contributed by atoms with E-state index in [2.05, 4.69) is 22.6 Å². The molecule has 0 saturated carbocycles. The highest BCUT2D eigenvalue weighted by Crippen LogP contribution is 2.28. The quantitative estimate of drug-likeness (QED) is 0.575. The van der Waals surface area contributed by atoms with E-state index in [1.165, 1.54) is 17.4 Å². The smallest absolute Gasteiger partial charge is 0.0928 e. The number of hydrogen-bond acceptors (Lipinski definition) is 2. The van der Waals surface area contributed by atoms with Crippen LogP contribution in [0.25, 0.3) is 5.03 Å². The molecule has 11 heavy (non-hydrogen) atoms. The summed E-state index contributed by atoms with van der Waals surface area (Å²) in [5.74, 6) is 0. The van der Waals surface area contributed by atoms with Crippen LogP contribution < -0.4 is 0 Å². The van der Waals surface area contributed by atoms with Crippen molar-refractivity contribution < 1.29 is 0 Å². The molecule has 0 aliphatic heterocycles. The number of hydrogen-bond donors (Lipinski definition) is 0. The van der Waals surface area contributed by atoms with Crippen molar-refractivity contribution in [2.45, 2.75) is 0 Å². The van der Waals surface area contributed by atoms with Crippen molar-refractivity contribution in [3.63, 3.8) is 0 Å². The maximum Gasteiger partial charge on any atom is 0.0928 e. The lowest BCUT2D eigenvalue weighted by atomic mass is 10.4. The van der Waals surface area contributed by atoms with E-state index in [1.54, 1.807) is 0 Å². The molecule has 0 amide bonds. The number of allylic oxidation sites excluding steroid dienone is 1. The molecule has 0 saturated heterocycles. The molecule has 1 nitrogen and oxygen atoms in total. The Labute approximate surface area is 87.4 Å². The highest BCUT2D eigenvalue weighted by molar-refractivity contribution is 14.1. The summed E-state index contributed by atoms with van der Waals surface area (Å²) in [5.41, 5.74) is 0. The minimum Gasteiger partial charge on any atom is -0.193 e. The van der Waals surface area contributed by atoms with Crippen LogP contribution in [-0.2, 0) is 0 Å². The van der Waals surface area contributed by atoms with E-state index in [0.717, 1.165) is 8.45 Å². The molecule has 4 heteroatoms. The van der Waals surface area contributed by atoms with Gasteiger partial charge in [-0.25, -0.2) is 0 Å². The van der Waals surface area contributed by atoms with Gasteiger partial charge < -0.3 is 0 Å². The predicted octanol–water partition coefficient (Wildman–Crippen LogP) is 3.46. The maximum absolute atomic E-state index is 8.32. The van der Waals surface area contributed by atoms with Gasteiger partial charge in [0.25, 0.3) is 0 Å². The monoisotopic (exact) mass is 295 g/mol. The van der Waals surface area contributed by atoms with E-state index in [-0.39, 0.29) is 0 Å². The number of nitriles is 1. The molecule has 0 radical (unpaired) electrons. The van der Waals surface area contributed by atoms with Crippen LogP contribution in [0, 0.1) is 14.9 Å². The van der Waals surface area contributed by atoms with Crippen LogP contribution in [0.2, 0.25) is 0 Å². The van der Waals surface area contributed by atoms with Gasteiger partial charge in [-0.3, -0.25) is 0 Å². The Kier molecular flexibility index (Phi) is 3.37. The molecule has 0 N–H and O–H groups in total. The van der Waals surface area contributed by atoms with E-state index < -0.39 is 0 Å². The Balaban J connectivity index is 3.04. The van der Waals surface area contributed by atoms with Crippen LogP contribution in [-0.4, -0.2) is 0 Å². The number of thiophene rings is 1. The van der Waals surface area contributed by atoms with Gasteiger partial charge in [0, 0.05) is 9.65 Å². The zero-order chi connectivity index (χ0) is 8.27. The van der Waals surface area contributed by atoms with Crippen molar-refractivity contribution in [3.8, 4) is 6.07 Å². The van der Waals surface area contributed by atoms with Crippen molar-refractivity contribution in [1.82, 2.24) is 0 Å². The van der Waals surface area contributed by atoms with Crippen molar-refractivity contribution in [2.24, 2.45) is 0 Å². The third kappa shape index (κ3) is 2.19. The number of rotatable bonds is 1. The average Bonchev–Trinajstić information content (AvgIpc) is 2.36. The summed E-state index contributed by atoms with van der Waals surface area (Å²) in [6.45, 7) is 0. The summed E-state index contributed by atoms with van der Waals surface area (Å²) in [4.78, 5) is 0.966. The summed E-state index contributed by atoms with van der Waals surface area (Å²) < 4.78 is 1.09. The largest absolute Gasteiger partial charge is 0.193 e. The molecule has 1 rings (SSSR count). The lowest BCUT2D eigenvalue weighted by molar-refractivity contribution is 1.54. The maximum atomic E-state index is 8.32. The lowest BCUT2D eigenvalue weighted by Crippen LogP contribution is -1.71. The summed E-state index contributed by atoms with van der Waals surface area (Å²) in [6, 6.07) is 3.86. The Bertz CT molecular complexity index is 323. The van der Waals surface area contributed by atoms with Crippen LogP contribution in [0.5, 0.6) is 0 Å². The van der Waals surface area contributed by atoms with Crippen LogP contribution >= 0.6 is 45.5 Å². The van der Waals surface area contributed by atoms with Gasteiger partial charge in [-0.15, -0.1) is 11.3 Å². The highest BCUT2D eigenvalue weighted by atomic mass is 127. The molecule has 0 aliphatic rings. The first-order valence-corrected chi connectivity index (χ1v) is 5.08. The van der Waals surface area contributed by atoms with Gasteiger partial charge in [-0.05, 0) is 34.0 Å². The average molecular weight is 296 g/mol. The Morgan fingerprint density at radius 3 is 3.00 bits per heavy atom. The van der Waals surface area contributed by atoms with Crippen molar-refractivity contribution in [3.05, 3.63) is 26.0 Å². The number of halogens is 2. The van der Waals surface area contributed by atoms with E-state index in [9.17, 15) is 0 Å². The minimum absolute atomic E-state index is 0.520. The van der Waals surface area contributed by atoms with E-state index in [0.29, 0.717) is 5.03 Å². The zero-order valence-corrected chi connectivity index (χ0v) is 9.07. The van der Waals surface area contributed by atoms with Gasteiger partial charge in [-0.1, -0.05) is 11.6 Å². The van der Waals surface area contributed by atoms with Crippen LogP contribution in [0.4, 0.5) is 0 Å². The molecule has 56 valence electrons. The normalized spacial score (nSPS) is 11.2. The SMILES string of the molecule is N#C/C=C(/Cl)c1sccc1I. The fraction of sp³-hybridized carbons (Fsp3) is 0. The first-order chi connectivity index (χ1) is 5.25. The van der Waals surface area contributed by atoms with Crippen LogP contribution in [0.15, 0.2) is 17.5 Å². The van der Waals surface area contributed by atoms with Gasteiger partial charge in [-0.2, -0.15) is 5.26 Å². The Morgan fingerprint density at radius 1 is 1.82 bits per heavy atom. The lowest BCUT2D eigenvalue weighted by Gasteiger charge is -1.90. The molecule has 0 aliphatic carbocycles. The first-order valence-electron chi connectivity index (χ1n) is 2.74. The standard InChI is InChI=1S/C7H3ClINS/c8-5(1-3-10)7-6(9)2-4-11-7/h1-2,4H/b5-1+. The van der Waals surface area contributed by atoms with Gasteiger partial charge in [0.1, 0.15) is 0 Å². The molecule has 0 unspecified atom stereocenters. The van der Waals surface area contributed by atoms with Gasteiger partial charge in [0.2, 0.25) is 0 Å². The zero-order valence-electron chi connectivity index (χ0n) is 5.34. The highest BCUT2D eigenvalue weighted by Gasteiger charge is 2.03. The molecule has 0 atom stereocenters. The first kappa shape index (κ1) is 9.04. The second kappa shape index (κ2) is 4.10. The molecular formula is C7H3ClINS. The summed E-state index contributed by atoms with van der Waals surface area (Å²) in [5, 5.41) is 10.8. The summed E-state index contributed by atoms with van der Waals surface area (Å²) >= 11 is 9.52.